The van der Waals surface area contributed by atoms with Crippen LogP contribution in [0.15, 0.2) is 115 Å². The first-order chi connectivity index (χ1) is 30.4. The van der Waals surface area contributed by atoms with Gasteiger partial charge in [0.2, 0.25) is 23.6 Å². The van der Waals surface area contributed by atoms with Gasteiger partial charge in [-0.1, -0.05) is 120 Å². The summed E-state index contributed by atoms with van der Waals surface area (Å²) in [6.07, 6.45) is -1.36. The van der Waals surface area contributed by atoms with Crippen molar-refractivity contribution in [1.82, 2.24) is 26.6 Å². The third-order valence-corrected chi connectivity index (χ3v) is 11.3. The molecular formula is C51H64N6O7. The number of phenols is 1. The molecule has 5 aromatic carbocycles. The van der Waals surface area contributed by atoms with E-state index in [0.29, 0.717) is 11.3 Å². The van der Waals surface area contributed by atoms with Gasteiger partial charge in [-0.25, -0.2) is 0 Å². The lowest BCUT2D eigenvalue weighted by Crippen LogP contribution is -2.64. The van der Waals surface area contributed by atoms with Crippen molar-refractivity contribution >= 4 is 40.1 Å². The highest BCUT2D eigenvalue weighted by Gasteiger charge is 2.39. The Morgan fingerprint density at radius 3 is 2.02 bits per heavy atom. The fourth-order valence-corrected chi connectivity index (χ4v) is 7.53. The molecule has 0 aromatic heterocycles. The first-order valence-electron chi connectivity index (χ1n) is 21.7. The number of nitrogens with one attached hydrogen (secondary N) is 5. The summed E-state index contributed by atoms with van der Waals surface area (Å²) in [4.78, 5) is 58.5. The van der Waals surface area contributed by atoms with Gasteiger partial charge in [-0.2, -0.15) is 0 Å². The second-order valence-electron chi connectivity index (χ2n) is 17.8. The van der Waals surface area contributed by atoms with Crippen LogP contribution in [0.4, 0.5) is 5.69 Å². The minimum Gasteiger partial charge on any atom is -0.507 e. The van der Waals surface area contributed by atoms with Crippen molar-refractivity contribution in [2.45, 2.75) is 90.8 Å². The Bertz CT molecular complexity index is 2340. The number of nitrogens with zero attached hydrogens (tertiary/aromatic N) is 1. The Kier molecular flexibility index (Phi) is 16.9. The maximum atomic E-state index is 14.6. The van der Waals surface area contributed by atoms with Gasteiger partial charge in [-0.05, 0) is 69.5 Å². The average molecular weight is 873 g/mol. The van der Waals surface area contributed by atoms with Gasteiger partial charge in [0.25, 0.3) is 0 Å². The van der Waals surface area contributed by atoms with E-state index in [1.54, 1.807) is 26.0 Å². The topological polar surface area (TPSA) is 181 Å². The molecule has 13 heteroatoms. The molecule has 0 radical (unpaired) electrons. The molecule has 4 amide bonds. The molecule has 0 aliphatic rings. The minimum absolute atomic E-state index is 0.0143. The van der Waals surface area contributed by atoms with Crippen molar-refractivity contribution in [3.63, 3.8) is 0 Å². The number of methoxy groups -OCH3 is 1. The predicted molar refractivity (Wildman–Crippen MR) is 252 cm³/mol. The molecule has 340 valence electrons. The Morgan fingerprint density at radius 1 is 0.703 bits per heavy atom. The molecule has 64 heavy (non-hydrogen) atoms. The van der Waals surface area contributed by atoms with Crippen LogP contribution < -0.4 is 36.2 Å². The van der Waals surface area contributed by atoms with Crippen LogP contribution in [0.2, 0.25) is 0 Å². The van der Waals surface area contributed by atoms with Gasteiger partial charge in [0.15, 0.2) is 0 Å². The van der Waals surface area contributed by atoms with E-state index in [2.05, 4.69) is 26.6 Å². The number of fused-ring (bicyclic) bond motifs is 1. The summed E-state index contributed by atoms with van der Waals surface area (Å²) >= 11 is 0. The van der Waals surface area contributed by atoms with Crippen LogP contribution >= 0.6 is 0 Å². The second-order valence-corrected chi connectivity index (χ2v) is 17.8. The number of ether oxygens (including phenoxy) is 1. The number of anilines is 1. The minimum atomic E-state index is -1.54. The van der Waals surface area contributed by atoms with Crippen LogP contribution in [0, 0.1) is 11.3 Å². The van der Waals surface area contributed by atoms with E-state index < -0.39 is 53.4 Å². The standard InChI is InChI=1S/C51H64N6O7/c1-32(2)44(48(61)53-31-37-23-26-39(64-8)29-42(37)58)56-49(62)45(52-30-34-21-24-38(25-22-34)57(6)7)46(60)41(27-33-15-10-9-11-16-33)54-50(63)47(51(3,4)5)55-43(59)28-36-19-14-18-35-17-12-13-20-40(35)36/h9-26,29,32,41,44-47,52,58,60H,27-28,30-31H2,1-8H3,(H,53,61)(H,54,63)(H,55,59)(H,56,62)/t41-,44-,45+,46-,47+/m0/s1. The van der Waals surface area contributed by atoms with Gasteiger partial charge in [0.1, 0.15) is 29.6 Å². The van der Waals surface area contributed by atoms with Crippen LogP contribution in [-0.4, -0.2) is 85.3 Å². The van der Waals surface area contributed by atoms with Crippen LogP contribution in [0.3, 0.4) is 0 Å². The maximum Gasteiger partial charge on any atom is 0.243 e. The number of aliphatic hydroxyl groups excluding tert-OH is 1. The Hall–Kier alpha value is -6.44. The Balaban J connectivity index is 1.42. The van der Waals surface area contributed by atoms with Crippen molar-refractivity contribution in [3.05, 3.63) is 138 Å². The van der Waals surface area contributed by atoms with Gasteiger partial charge >= 0.3 is 0 Å². The molecular weight excluding hydrogens is 809 g/mol. The zero-order valence-electron chi connectivity index (χ0n) is 38.1. The van der Waals surface area contributed by atoms with E-state index in [1.165, 1.54) is 13.2 Å². The fraction of sp³-hybridized carbons (Fsp3) is 0.373. The third-order valence-electron chi connectivity index (χ3n) is 11.3. The van der Waals surface area contributed by atoms with E-state index in [-0.39, 0.29) is 43.5 Å². The van der Waals surface area contributed by atoms with Crippen molar-refractivity contribution in [3.8, 4) is 11.5 Å². The molecule has 5 rings (SSSR count). The molecule has 0 aliphatic heterocycles. The first kappa shape index (κ1) is 48.6. The lowest BCUT2D eigenvalue weighted by molar-refractivity contribution is -0.135. The number of benzene rings is 5. The molecule has 0 aliphatic carbocycles. The smallest absolute Gasteiger partial charge is 0.243 e. The van der Waals surface area contributed by atoms with Crippen LogP contribution in [-0.2, 0) is 45.1 Å². The molecule has 5 atom stereocenters. The summed E-state index contributed by atoms with van der Waals surface area (Å²) < 4.78 is 5.17. The summed E-state index contributed by atoms with van der Waals surface area (Å²) in [7, 11) is 5.36. The molecule has 0 saturated carbocycles. The zero-order valence-corrected chi connectivity index (χ0v) is 38.1. The molecule has 0 unspecified atom stereocenters. The Labute approximate surface area is 377 Å². The number of rotatable bonds is 20. The number of phenolic OH excluding ortho intramolecular Hbond substituents is 1. The number of carbonyl (C=O) groups excluding carboxylic acids is 4. The van der Waals surface area contributed by atoms with Crippen LogP contribution in [0.25, 0.3) is 10.8 Å². The summed E-state index contributed by atoms with van der Waals surface area (Å²) in [6, 6.07) is 30.9. The SMILES string of the molecule is COc1ccc(CNC(=O)[C@@H](NC(=O)[C@H](NCc2ccc(N(C)C)cc2)[C@@H](O)[C@H](Cc2ccccc2)NC(=O)[C@@H](NC(=O)Cc2cccc3ccccc23)C(C)(C)C)C(C)C)c(O)c1. The summed E-state index contributed by atoms with van der Waals surface area (Å²) in [5.41, 5.74) is 3.13. The normalized spacial score (nSPS) is 13.8. The number of carbonyl (C=O) groups is 4. The van der Waals surface area contributed by atoms with Crippen LogP contribution in [0.1, 0.15) is 56.9 Å². The molecule has 0 bridgehead atoms. The predicted octanol–water partition coefficient (Wildman–Crippen LogP) is 5.40. The second kappa shape index (κ2) is 22.3. The number of amides is 4. The summed E-state index contributed by atoms with van der Waals surface area (Å²) in [6.45, 7) is 9.29. The summed E-state index contributed by atoms with van der Waals surface area (Å²) in [5, 5.41) is 39.9. The van der Waals surface area contributed by atoms with E-state index >= 15 is 0 Å². The number of aliphatic hydroxyl groups is 1. The van der Waals surface area contributed by atoms with Gasteiger partial charge in [0.05, 0.1) is 25.7 Å². The molecule has 0 spiro atoms. The fourth-order valence-electron chi connectivity index (χ4n) is 7.53. The highest BCUT2D eigenvalue weighted by Crippen LogP contribution is 2.25. The largest absolute Gasteiger partial charge is 0.507 e. The lowest BCUT2D eigenvalue weighted by atomic mass is 9.85. The molecule has 0 heterocycles. The van der Waals surface area contributed by atoms with E-state index in [1.807, 2.05) is 137 Å². The molecule has 13 nitrogen and oxygen atoms in total. The quantitative estimate of drug-likeness (QED) is 0.0539. The Morgan fingerprint density at radius 2 is 1.38 bits per heavy atom. The number of aromatic hydroxyl groups is 1. The molecule has 0 saturated heterocycles. The highest BCUT2D eigenvalue weighted by atomic mass is 16.5. The van der Waals surface area contributed by atoms with E-state index in [0.717, 1.165) is 33.2 Å². The average Bonchev–Trinajstić information content (AvgIpc) is 3.26. The molecule has 7 N–H and O–H groups in total. The van der Waals surface area contributed by atoms with E-state index in [9.17, 15) is 29.4 Å². The van der Waals surface area contributed by atoms with Crippen molar-refractivity contribution in [2.75, 3.05) is 26.1 Å². The lowest BCUT2D eigenvalue weighted by Gasteiger charge is -2.35. The van der Waals surface area contributed by atoms with Gasteiger partial charge < -0.3 is 41.1 Å². The van der Waals surface area contributed by atoms with Gasteiger partial charge in [0, 0.05) is 44.5 Å². The third kappa shape index (κ3) is 13.3. The van der Waals surface area contributed by atoms with Crippen LogP contribution in [0.5, 0.6) is 11.5 Å². The van der Waals surface area contributed by atoms with E-state index in [4.69, 9.17) is 4.74 Å². The summed E-state index contributed by atoms with van der Waals surface area (Å²) in [5.74, 6) is -2.00. The van der Waals surface area contributed by atoms with Gasteiger partial charge in [-0.15, -0.1) is 0 Å². The van der Waals surface area contributed by atoms with Gasteiger partial charge in [-0.3, -0.25) is 24.5 Å². The molecule has 5 aromatic rings. The van der Waals surface area contributed by atoms with Crippen molar-refractivity contribution < 1.29 is 34.1 Å². The number of hydrogen-bond donors (Lipinski definition) is 7. The molecule has 0 fully saturated rings. The van der Waals surface area contributed by atoms with Crippen molar-refractivity contribution in [2.24, 2.45) is 11.3 Å². The highest BCUT2D eigenvalue weighted by molar-refractivity contribution is 5.93. The number of hydrogen-bond acceptors (Lipinski definition) is 9. The zero-order chi connectivity index (χ0) is 46.6. The first-order valence-corrected chi connectivity index (χ1v) is 21.7. The monoisotopic (exact) mass is 872 g/mol. The maximum absolute atomic E-state index is 14.6. The van der Waals surface area contributed by atoms with Crippen molar-refractivity contribution in [1.29, 1.82) is 0 Å².